The van der Waals surface area contributed by atoms with Crippen LogP contribution < -0.4 is 5.32 Å². The number of aliphatic hydroxyl groups excluding tert-OH is 2. The molecule has 2 atom stereocenters. The number of hydrogen-bond acceptors (Lipinski definition) is 3. The maximum Gasteiger partial charge on any atom is 0.220 e. The van der Waals surface area contributed by atoms with Crippen molar-refractivity contribution >= 4 is 5.91 Å². The molecule has 0 aliphatic rings. The highest BCUT2D eigenvalue weighted by Crippen LogP contribution is 2.14. The first kappa shape index (κ1) is 47.4. The molecular weight excluding hydrogens is 602 g/mol. The summed E-state index contributed by atoms with van der Waals surface area (Å²) in [6.45, 7) is 4.27. The molecule has 0 aliphatic heterocycles. The summed E-state index contributed by atoms with van der Waals surface area (Å²) in [5, 5.41) is 23.0. The van der Waals surface area contributed by atoms with Gasteiger partial charge in [-0.3, -0.25) is 4.79 Å². The maximum atomic E-state index is 12.4. The van der Waals surface area contributed by atoms with Crippen LogP contribution in [0.3, 0.4) is 0 Å². The summed E-state index contributed by atoms with van der Waals surface area (Å²) in [5.74, 6) is -0.0786. The molecule has 0 aromatic rings. The summed E-state index contributed by atoms with van der Waals surface area (Å²) >= 11 is 0. The van der Waals surface area contributed by atoms with Gasteiger partial charge in [0.25, 0.3) is 0 Å². The Morgan fingerprint density at radius 2 is 0.857 bits per heavy atom. The molecule has 0 bridgehead atoms. The number of rotatable bonds is 38. The molecule has 0 aromatic carbocycles. The molecule has 0 saturated carbocycles. The fraction of sp³-hybridized carbons (Fsp3) is 0.800. The third-order valence-electron chi connectivity index (χ3n) is 9.56. The second-order valence-corrected chi connectivity index (χ2v) is 14.4. The van der Waals surface area contributed by atoms with Crippen molar-refractivity contribution in [3.63, 3.8) is 0 Å². The smallest absolute Gasteiger partial charge is 0.220 e. The molecule has 1 amide bonds. The van der Waals surface area contributed by atoms with E-state index in [4.69, 9.17) is 0 Å². The van der Waals surface area contributed by atoms with Crippen molar-refractivity contribution < 1.29 is 15.0 Å². The first-order valence-corrected chi connectivity index (χ1v) is 21.4. The Hall–Kier alpha value is -1.65. The number of amides is 1. The lowest BCUT2D eigenvalue weighted by Crippen LogP contribution is -2.45. The van der Waals surface area contributed by atoms with Crippen molar-refractivity contribution in [2.24, 2.45) is 0 Å². The number of aliphatic hydroxyl groups is 2. The minimum atomic E-state index is -0.863. The number of nitrogens with one attached hydrogen (secondary N) is 1. The lowest BCUT2D eigenvalue weighted by atomic mass is 10.0. The van der Waals surface area contributed by atoms with Crippen LogP contribution in [0.5, 0.6) is 0 Å². The topological polar surface area (TPSA) is 69.6 Å². The quantitative estimate of drug-likeness (QED) is 0.0344. The van der Waals surface area contributed by atoms with Gasteiger partial charge in [-0.2, -0.15) is 0 Å². The molecule has 0 radical (unpaired) electrons. The minimum absolute atomic E-state index is 0.0786. The largest absolute Gasteiger partial charge is 0.394 e. The molecule has 0 heterocycles. The average Bonchev–Trinajstić information content (AvgIpc) is 3.10. The van der Waals surface area contributed by atoms with E-state index in [-0.39, 0.29) is 12.5 Å². The van der Waals surface area contributed by atoms with Crippen molar-refractivity contribution in [1.82, 2.24) is 5.32 Å². The first-order valence-electron chi connectivity index (χ1n) is 21.4. The van der Waals surface area contributed by atoms with Gasteiger partial charge in [0.2, 0.25) is 5.91 Å². The van der Waals surface area contributed by atoms with E-state index in [1.165, 1.54) is 161 Å². The maximum absolute atomic E-state index is 12.4. The van der Waals surface area contributed by atoms with Crippen molar-refractivity contribution in [2.45, 2.75) is 225 Å². The van der Waals surface area contributed by atoms with E-state index in [0.717, 1.165) is 32.1 Å². The summed E-state index contributed by atoms with van der Waals surface area (Å²) < 4.78 is 0. The summed E-state index contributed by atoms with van der Waals surface area (Å²) in [6.07, 6.45) is 54.9. The van der Waals surface area contributed by atoms with Gasteiger partial charge in [-0.15, -0.1) is 0 Å². The zero-order valence-electron chi connectivity index (χ0n) is 32.7. The van der Waals surface area contributed by atoms with E-state index in [9.17, 15) is 15.0 Å². The van der Waals surface area contributed by atoms with Crippen LogP contribution >= 0.6 is 0 Å². The van der Waals surface area contributed by atoms with Gasteiger partial charge in [0.15, 0.2) is 0 Å². The highest BCUT2D eigenvalue weighted by Gasteiger charge is 2.17. The van der Waals surface area contributed by atoms with Gasteiger partial charge in [-0.05, 0) is 57.8 Å². The van der Waals surface area contributed by atoms with Gasteiger partial charge in [0.1, 0.15) is 0 Å². The highest BCUT2D eigenvalue weighted by atomic mass is 16.3. The van der Waals surface area contributed by atoms with E-state index in [0.29, 0.717) is 6.42 Å². The van der Waals surface area contributed by atoms with Crippen molar-refractivity contribution in [2.75, 3.05) is 6.61 Å². The third-order valence-corrected chi connectivity index (χ3v) is 9.56. The summed E-state index contributed by atoms with van der Waals surface area (Å²) in [4.78, 5) is 12.4. The van der Waals surface area contributed by atoms with E-state index in [1.807, 2.05) is 6.08 Å². The molecule has 286 valence electrons. The van der Waals surface area contributed by atoms with Gasteiger partial charge in [-0.1, -0.05) is 197 Å². The SMILES string of the molecule is CCCCC/C=C\C=C/CCCCCCCCCCCCC(=O)NC(CO)C(O)/C=C/CC/C=C/CCCCCCCCCCCCCC. The predicted octanol–water partition coefficient (Wildman–Crippen LogP) is 13.2. The van der Waals surface area contributed by atoms with Crippen LogP contribution in [-0.2, 0) is 4.79 Å². The summed E-state index contributed by atoms with van der Waals surface area (Å²) in [7, 11) is 0. The Morgan fingerprint density at radius 1 is 0.490 bits per heavy atom. The first-order chi connectivity index (χ1) is 24.2. The molecule has 0 fully saturated rings. The third kappa shape index (κ3) is 37.4. The van der Waals surface area contributed by atoms with Gasteiger partial charge in [0, 0.05) is 6.42 Å². The predicted molar refractivity (Wildman–Crippen MR) is 216 cm³/mol. The molecule has 0 aromatic heterocycles. The normalized spacial score (nSPS) is 13.5. The lowest BCUT2D eigenvalue weighted by Gasteiger charge is -2.19. The van der Waals surface area contributed by atoms with E-state index in [1.54, 1.807) is 6.08 Å². The number of hydrogen-bond donors (Lipinski definition) is 3. The van der Waals surface area contributed by atoms with E-state index in [2.05, 4.69) is 55.6 Å². The molecule has 4 nitrogen and oxygen atoms in total. The van der Waals surface area contributed by atoms with Crippen LogP contribution in [-0.4, -0.2) is 34.9 Å². The van der Waals surface area contributed by atoms with Crippen molar-refractivity contribution in [3.05, 3.63) is 48.6 Å². The van der Waals surface area contributed by atoms with Crippen LogP contribution in [0.15, 0.2) is 48.6 Å². The van der Waals surface area contributed by atoms with Crippen LogP contribution in [0.1, 0.15) is 213 Å². The Labute approximate surface area is 305 Å². The number of unbranched alkanes of at least 4 members (excludes halogenated alkanes) is 26. The average molecular weight is 686 g/mol. The summed E-state index contributed by atoms with van der Waals surface area (Å²) in [5.41, 5.74) is 0. The second kappa shape index (κ2) is 40.8. The summed E-state index contributed by atoms with van der Waals surface area (Å²) in [6, 6.07) is -0.640. The van der Waals surface area contributed by atoms with Crippen LogP contribution in [0.25, 0.3) is 0 Å². The van der Waals surface area contributed by atoms with E-state index < -0.39 is 12.1 Å². The van der Waals surface area contributed by atoms with Crippen LogP contribution in [0.4, 0.5) is 0 Å². The Morgan fingerprint density at radius 3 is 1.35 bits per heavy atom. The zero-order chi connectivity index (χ0) is 35.7. The second-order valence-electron chi connectivity index (χ2n) is 14.4. The minimum Gasteiger partial charge on any atom is -0.394 e. The van der Waals surface area contributed by atoms with Crippen molar-refractivity contribution in [3.8, 4) is 0 Å². The number of carbonyl (C=O) groups is 1. The lowest BCUT2D eigenvalue weighted by molar-refractivity contribution is -0.123. The van der Waals surface area contributed by atoms with Gasteiger partial charge in [0.05, 0.1) is 18.8 Å². The standard InChI is InChI=1S/C45H83NO3/c1-3-5-7-9-11-13-15-17-19-21-23-25-27-29-31-33-35-37-39-41-45(49)46-43(42-47)44(48)40-38-36-34-32-30-28-26-24-22-20-18-16-14-12-10-8-6-4-2/h11,13,15,17,30,32,38,40,43-44,47-48H,3-10,12,14,16,18-29,31,33-37,39,41-42H2,1-2H3,(H,46,49)/b13-11-,17-15-,32-30+,40-38+. The van der Waals surface area contributed by atoms with Gasteiger partial charge < -0.3 is 15.5 Å². The van der Waals surface area contributed by atoms with Crippen LogP contribution in [0, 0.1) is 0 Å². The monoisotopic (exact) mass is 686 g/mol. The molecule has 0 aliphatic carbocycles. The Bertz CT molecular complexity index is 786. The number of carbonyl (C=O) groups excluding carboxylic acids is 1. The van der Waals surface area contributed by atoms with E-state index >= 15 is 0 Å². The Balaban J connectivity index is 3.63. The molecule has 0 spiro atoms. The van der Waals surface area contributed by atoms with Gasteiger partial charge in [-0.25, -0.2) is 0 Å². The highest BCUT2D eigenvalue weighted by molar-refractivity contribution is 5.76. The molecule has 0 rings (SSSR count). The molecule has 3 N–H and O–H groups in total. The Kier molecular flexibility index (Phi) is 39.4. The zero-order valence-corrected chi connectivity index (χ0v) is 32.7. The van der Waals surface area contributed by atoms with Gasteiger partial charge >= 0.3 is 0 Å². The fourth-order valence-corrected chi connectivity index (χ4v) is 6.24. The fourth-order valence-electron chi connectivity index (χ4n) is 6.24. The molecule has 4 heteroatoms. The molecular formula is C45H83NO3. The molecule has 0 saturated heterocycles. The van der Waals surface area contributed by atoms with Crippen molar-refractivity contribution in [1.29, 1.82) is 0 Å². The van der Waals surface area contributed by atoms with Crippen LogP contribution in [0.2, 0.25) is 0 Å². The number of allylic oxidation sites excluding steroid dienone is 7. The molecule has 49 heavy (non-hydrogen) atoms. The molecule has 2 unspecified atom stereocenters.